The molecule has 0 unspecified atom stereocenters. The first kappa shape index (κ1) is 21.0. The van der Waals surface area contributed by atoms with Crippen LogP contribution >= 0.6 is 0 Å². The van der Waals surface area contributed by atoms with Gasteiger partial charge in [-0.05, 0) is 42.2 Å². The lowest BCUT2D eigenvalue weighted by Gasteiger charge is -2.10. The number of carbonyl (C=O) groups is 1. The average molecular weight is 396 g/mol. The molecule has 0 fully saturated rings. The maximum absolute atomic E-state index is 13.5. The summed E-state index contributed by atoms with van der Waals surface area (Å²) in [7, 11) is -3.56. The van der Waals surface area contributed by atoms with Crippen LogP contribution in [-0.2, 0) is 21.2 Å². The van der Waals surface area contributed by atoms with Crippen molar-refractivity contribution >= 4 is 21.6 Å². The predicted molar refractivity (Wildman–Crippen MR) is 99.8 cm³/mol. The van der Waals surface area contributed by atoms with Crippen LogP contribution in [0.2, 0.25) is 0 Å². The largest absolute Gasteiger partial charge is 0.324 e. The van der Waals surface area contributed by atoms with Crippen molar-refractivity contribution in [3.8, 4) is 0 Å². The Morgan fingerprint density at radius 1 is 1.07 bits per heavy atom. The van der Waals surface area contributed by atoms with Crippen molar-refractivity contribution in [1.82, 2.24) is 4.72 Å². The predicted octanol–water partition coefficient (Wildman–Crippen LogP) is 3.47. The van der Waals surface area contributed by atoms with Crippen LogP contribution < -0.4 is 10.0 Å². The molecule has 8 heteroatoms. The summed E-state index contributed by atoms with van der Waals surface area (Å²) < 4.78 is 53.4. The first-order valence-corrected chi connectivity index (χ1v) is 9.99. The standard InChI is InChI=1S/C19H22F2N2O3S/c1-13(2)12-22-27(25,26)16-7-3-14(4-8-16)5-10-19(24)23-18-11-15(20)6-9-17(18)21/h3-4,6-9,11,13,22H,5,10,12H2,1-2H3,(H,23,24). The van der Waals surface area contributed by atoms with Crippen LogP contribution in [0.3, 0.4) is 0 Å². The summed E-state index contributed by atoms with van der Waals surface area (Å²) in [5.41, 5.74) is 0.547. The average Bonchev–Trinajstić information content (AvgIpc) is 2.62. The number of anilines is 1. The molecule has 1 amide bonds. The maximum Gasteiger partial charge on any atom is 0.240 e. The summed E-state index contributed by atoms with van der Waals surface area (Å²) in [5, 5.41) is 2.32. The van der Waals surface area contributed by atoms with E-state index in [0.717, 1.165) is 23.8 Å². The molecule has 146 valence electrons. The van der Waals surface area contributed by atoms with Crippen molar-refractivity contribution in [2.45, 2.75) is 31.6 Å². The Morgan fingerprint density at radius 2 is 1.74 bits per heavy atom. The summed E-state index contributed by atoms with van der Waals surface area (Å²) in [6.07, 6.45) is 0.385. The fourth-order valence-corrected chi connectivity index (χ4v) is 3.47. The Hall–Kier alpha value is -2.32. The van der Waals surface area contributed by atoms with Crippen LogP contribution in [0.15, 0.2) is 47.4 Å². The molecule has 5 nitrogen and oxygen atoms in total. The van der Waals surface area contributed by atoms with Gasteiger partial charge in [0.05, 0.1) is 10.6 Å². The Morgan fingerprint density at radius 3 is 2.37 bits per heavy atom. The quantitative estimate of drug-likeness (QED) is 0.717. The summed E-state index contributed by atoms with van der Waals surface area (Å²) in [6.45, 7) is 4.17. The van der Waals surface area contributed by atoms with Crippen LogP contribution in [0.5, 0.6) is 0 Å². The van der Waals surface area contributed by atoms with Gasteiger partial charge in [-0.15, -0.1) is 0 Å². The van der Waals surface area contributed by atoms with E-state index in [1.807, 2.05) is 13.8 Å². The van der Waals surface area contributed by atoms with E-state index in [1.165, 1.54) is 12.1 Å². The molecule has 0 saturated carbocycles. The number of amides is 1. The molecule has 0 aromatic heterocycles. The van der Waals surface area contributed by atoms with E-state index in [2.05, 4.69) is 10.0 Å². The van der Waals surface area contributed by atoms with Gasteiger partial charge in [-0.2, -0.15) is 0 Å². The van der Waals surface area contributed by atoms with Crippen molar-refractivity contribution in [2.24, 2.45) is 5.92 Å². The van der Waals surface area contributed by atoms with Crippen molar-refractivity contribution < 1.29 is 22.0 Å². The molecule has 0 spiro atoms. The molecule has 2 rings (SSSR count). The minimum absolute atomic E-state index is 0.0493. The van der Waals surface area contributed by atoms with Crippen molar-refractivity contribution in [1.29, 1.82) is 0 Å². The molecule has 2 N–H and O–H groups in total. The van der Waals surface area contributed by atoms with E-state index < -0.39 is 27.6 Å². The van der Waals surface area contributed by atoms with Crippen molar-refractivity contribution in [2.75, 3.05) is 11.9 Å². The minimum atomic E-state index is -3.56. The minimum Gasteiger partial charge on any atom is -0.324 e. The van der Waals surface area contributed by atoms with E-state index in [9.17, 15) is 22.0 Å². The maximum atomic E-state index is 13.5. The van der Waals surface area contributed by atoms with Crippen LogP contribution in [-0.4, -0.2) is 20.9 Å². The van der Waals surface area contributed by atoms with Gasteiger partial charge < -0.3 is 5.32 Å². The second kappa shape index (κ2) is 9.05. The van der Waals surface area contributed by atoms with Gasteiger partial charge in [0.15, 0.2) is 0 Å². The number of nitrogens with one attached hydrogen (secondary N) is 2. The van der Waals surface area contributed by atoms with E-state index in [0.29, 0.717) is 13.0 Å². The van der Waals surface area contributed by atoms with E-state index >= 15 is 0 Å². The van der Waals surface area contributed by atoms with Crippen LogP contribution in [0.25, 0.3) is 0 Å². The van der Waals surface area contributed by atoms with Crippen LogP contribution in [0.4, 0.5) is 14.5 Å². The lowest BCUT2D eigenvalue weighted by molar-refractivity contribution is -0.116. The van der Waals surface area contributed by atoms with Crippen LogP contribution in [0.1, 0.15) is 25.8 Å². The molecule has 2 aromatic carbocycles. The van der Waals surface area contributed by atoms with E-state index in [4.69, 9.17) is 0 Å². The molecule has 0 aliphatic heterocycles. The smallest absolute Gasteiger partial charge is 0.240 e. The first-order chi connectivity index (χ1) is 12.7. The summed E-state index contributed by atoms with van der Waals surface area (Å²) in [6, 6.07) is 9.02. The Balaban J connectivity index is 1.93. The Bertz CT molecular complexity index is 898. The molecular weight excluding hydrogens is 374 g/mol. The number of hydrogen-bond donors (Lipinski definition) is 2. The third-order valence-corrected chi connectivity index (χ3v) is 5.20. The normalized spacial score (nSPS) is 11.6. The van der Waals surface area contributed by atoms with Gasteiger partial charge in [0, 0.05) is 19.0 Å². The highest BCUT2D eigenvalue weighted by atomic mass is 32.2. The first-order valence-electron chi connectivity index (χ1n) is 8.51. The molecule has 0 saturated heterocycles. The van der Waals surface area contributed by atoms with Gasteiger partial charge in [-0.1, -0.05) is 26.0 Å². The Labute approximate surface area is 157 Å². The zero-order chi connectivity index (χ0) is 20.0. The van der Waals surface area contributed by atoms with Gasteiger partial charge in [0.25, 0.3) is 0 Å². The topological polar surface area (TPSA) is 75.3 Å². The third kappa shape index (κ3) is 6.41. The second-order valence-electron chi connectivity index (χ2n) is 6.56. The van der Waals surface area contributed by atoms with E-state index in [1.54, 1.807) is 12.1 Å². The van der Waals surface area contributed by atoms with Crippen LogP contribution in [0, 0.1) is 17.6 Å². The number of sulfonamides is 1. The summed E-state index contributed by atoms with van der Waals surface area (Å²) in [5.74, 6) is -1.63. The number of halogens is 2. The molecule has 0 aliphatic rings. The second-order valence-corrected chi connectivity index (χ2v) is 8.33. The molecule has 0 heterocycles. The van der Waals surface area contributed by atoms with Gasteiger partial charge in [-0.3, -0.25) is 4.79 Å². The van der Waals surface area contributed by atoms with Crippen molar-refractivity contribution in [3.63, 3.8) is 0 Å². The fraction of sp³-hybridized carbons (Fsp3) is 0.316. The molecule has 0 atom stereocenters. The monoisotopic (exact) mass is 396 g/mol. The summed E-state index contributed by atoms with van der Waals surface area (Å²) in [4.78, 5) is 12.1. The van der Waals surface area contributed by atoms with Crippen molar-refractivity contribution in [3.05, 3.63) is 59.7 Å². The third-order valence-electron chi connectivity index (χ3n) is 3.76. The lowest BCUT2D eigenvalue weighted by Crippen LogP contribution is -2.27. The zero-order valence-corrected chi connectivity index (χ0v) is 15.9. The van der Waals surface area contributed by atoms with Gasteiger partial charge >= 0.3 is 0 Å². The number of rotatable bonds is 8. The highest BCUT2D eigenvalue weighted by Gasteiger charge is 2.14. The lowest BCUT2D eigenvalue weighted by atomic mass is 10.1. The SMILES string of the molecule is CC(C)CNS(=O)(=O)c1ccc(CCC(=O)Nc2cc(F)ccc2F)cc1. The van der Waals surface area contributed by atoms with Gasteiger partial charge in [-0.25, -0.2) is 21.9 Å². The molecule has 2 aromatic rings. The number of aryl methyl sites for hydroxylation is 1. The molecular formula is C19H22F2N2O3S. The Kier molecular flexibility index (Phi) is 7.04. The summed E-state index contributed by atoms with van der Waals surface area (Å²) >= 11 is 0. The molecule has 0 bridgehead atoms. The number of benzene rings is 2. The van der Waals surface area contributed by atoms with E-state index in [-0.39, 0.29) is 22.9 Å². The molecule has 0 aliphatic carbocycles. The fourth-order valence-electron chi connectivity index (χ4n) is 2.26. The molecule has 0 radical (unpaired) electrons. The number of hydrogen-bond acceptors (Lipinski definition) is 3. The highest BCUT2D eigenvalue weighted by Crippen LogP contribution is 2.16. The molecule has 27 heavy (non-hydrogen) atoms. The van der Waals surface area contributed by atoms with Gasteiger partial charge in [0.2, 0.25) is 15.9 Å². The highest BCUT2D eigenvalue weighted by molar-refractivity contribution is 7.89. The number of carbonyl (C=O) groups excluding carboxylic acids is 1. The van der Waals surface area contributed by atoms with Gasteiger partial charge in [0.1, 0.15) is 11.6 Å². The zero-order valence-electron chi connectivity index (χ0n) is 15.1.